The van der Waals surface area contributed by atoms with Crippen LogP contribution in [0.25, 0.3) is 0 Å². The summed E-state index contributed by atoms with van der Waals surface area (Å²) >= 11 is 0. The minimum atomic E-state index is -4.66. The van der Waals surface area contributed by atoms with Crippen molar-refractivity contribution in [2.45, 2.75) is 12.8 Å². The third kappa shape index (κ3) is 2.27. The van der Waals surface area contributed by atoms with Crippen molar-refractivity contribution in [1.82, 2.24) is 0 Å². The molecule has 0 saturated carbocycles. The van der Waals surface area contributed by atoms with Crippen LogP contribution in [0.3, 0.4) is 0 Å². The molecule has 0 bridgehead atoms. The van der Waals surface area contributed by atoms with Gasteiger partial charge in [0.25, 0.3) is 0 Å². The summed E-state index contributed by atoms with van der Waals surface area (Å²) in [5.41, 5.74) is -2.27. The van der Waals surface area contributed by atoms with E-state index in [0.29, 0.717) is 0 Å². The maximum absolute atomic E-state index is 12.4. The van der Waals surface area contributed by atoms with Gasteiger partial charge in [0.2, 0.25) is 0 Å². The van der Waals surface area contributed by atoms with Gasteiger partial charge in [0.1, 0.15) is 0 Å². The Kier molecular flexibility index (Phi) is 2.99. The minimum Gasteiger partial charge on any atom is -0.478 e. The van der Waals surface area contributed by atoms with Crippen molar-refractivity contribution in [1.29, 1.82) is 0 Å². The topological polar surface area (TPSA) is 57.5 Å². The zero-order valence-electron chi connectivity index (χ0n) is 7.38. The fourth-order valence-electron chi connectivity index (χ4n) is 1.22. The molecule has 0 aliphatic heterocycles. The maximum Gasteiger partial charge on any atom is 0.416 e. The Labute approximate surface area is 82.8 Å². The van der Waals surface area contributed by atoms with E-state index in [0.717, 1.165) is 18.2 Å². The Balaban J connectivity index is 3.42. The number of hydrogen-bond acceptors (Lipinski definition) is 2. The summed E-state index contributed by atoms with van der Waals surface area (Å²) in [6.45, 7) is -0.961. The number of rotatable bonds is 2. The van der Waals surface area contributed by atoms with Gasteiger partial charge >= 0.3 is 12.1 Å². The first-order valence-corrected chi connectivity index (χ1v) is 3.91. The molecule has 0 fully saturated rings. The summed E-state index contributed by atoms with van der Waals surface area (Å²) in [5, 5.41) is 17.4. The number of alkyl halides is 3. The number of halogens is 3. The molecule has 6 heteroatoms. The van der Waals surface area contributed by atoms with E-state index in [2.05, 4.69) is 0 Å². The summed E-state index contributed by atoms with van der Waals surface area (Å²) in [4.78, 5) is 10.6. The Morgan fingerprint density at radius 3 is 2.33 bits per heavy atom. The Bertz CT molecular complexity index is 385. The van der Waals surface area contributed by atoms with Crippen LogP contribution in [0.1, 0.15) is 21.5 Å². The SMILES string of the molecule is O=C(O)c1cccc(C(F)(F)F)c1CO. The summed E-state index contributed by atoms with van der Waals surface area (Å²) in [7, 11) is 0. The largest absolute Gasteiger partial charge is 0.478 e. The number of aliphatic hydroxyl groups excluding tert-OH is 1. The first-order chi connectivity index (χ1) is 6.88. The fraction of sp³-hybridized carbons (Fsp3) is 0.222. The van der Waals surface area contributed by atoms with Crippen LogP contribution in [0.2, 0.25) is 0 Å². The number of carboxylic acids is 1. The standard InChI is InChI=1S/C9H7F3O3/c10-9(11,12)7-3-1-2-5(8(14)15)6(7)4-13/h1-3,13H,4H2,(H,14,15). The van der Waals surface area contributed by atoms with Gasteiger partial charge in [-0.3, -0.25) is 0 Å². The van der Waals surface area contributed by atoms with Gasteiger partial charge in [0.05, 0.1) is 17.7 Å². The third-order valence-electron chi connectivity index (χ3n) is 1.87. The Morgan fingerprint density at radius 1 is 1.33 bits per heavy atom. The van der Waals surface area contributed by atoms with Crippen LogP contribution in [0.4, 0.5) is 13.2 Å². The number of benzene rings is 1. The highest BCUT2D eigenvalue weighted by molar-refractivity contribution is 5.89. The van der Waals surface area contributed by atoms with Crippen molar-refractivity contribution in [3.8, 4) is 0 Å². The number of carboxylic acid groups (broad SMARTS) is 1. The van der Waals surface area contributed by atoms with E-state index in [1.54, 1.807) is 0 Å². The molecule has 0 radical (unpaired) electrons. The first kappa shape index (κ1) is 11.5. The number of aromatic carboxylic acids is 1. The monoisotopic (exact) mass is 220 g/mol. The average Bonchev–Trinajstić information content (AvgIpc) is 2.15. The predicted octanol–water partition coefficient (Wildman–Crippen LogP) is 1.90. The van der Waals surface area contributed by atoms with Crippen LogP contribution in [-0.4, -0.2) is 16.2 Å². The molecule has 0 atom stereocenters. The van der Waals surface area contributed by atoms with E-state index in [4.69, 9.17) is 10.2 Å². The van der Waals surface area contributed by atoms with Crippen molar-refractivity contribution in [3.05, 3.63) is 34.9 Å². The molecular formula is C9H7F3O3. The highest BCUT2D eigenvalue weighted by Crippen LogP contribution is 2.33. The lowest BCUT2D eigenvalue weighted by atomic mass is 10.0. The summed E-state index contributed by atoms with van der Waals surface area (Å²) in [5.74, 6) is -1.50. The van der Waals surface area contributed by atoms with Crippen molar-refractivity contribution < 1.29 is 28.2 Å². The molecule has 0 saturated heterocycles. The third-order valence-corrected chi connectivity index (χ3v) is 1.87. The van der Waals surface area contributed by atoms with Gasteiger partial charge in [-0.15, -0.1) is 0 Å². The van der Waals surface area contributed by atoms with Gasteiger partial charge in [0, 0.05) is 5.56 Å². The second-order valence-corrected chi connectivity index (χ2v) is 2.79. The van der Waals surface area contributed by atoms with Crippen LogP contribution in [0.5, 0.6) is 0 Å². The van der Waals surface area contributed by atoms with E-state index in [1.165, 1.54) is 0 Å². The molecule has 0 aliphatic rings. The van der Waals surface area contributed by atoms with Crippen molar-refractivity contribution in [3.63, 3.8) is 0 Å². The molecule has 3 nitrogen and oxygen atoms in total. The Morgan fingerprint density at radius 2 is 1.93 bits per heavy atom. The number of aliphatic hydroxyl groups is 1. The summed E-state index contributed by atoms with van der Waals surface area (Å²) in [6, 6.07) is 2.74. The molecule has 0 aliphatic carbocycles. The molecule has 1 aromatic carbocycles. The fourth-order valence-corrected chi connectivity index (χ4v) is 1.22. The second-order valence-electron chi connectivity index (χ2n) is 2.79. The molecule has 0 heterocycles. The lowest BCUT2D eigenvalue weighted by molar-refractivity contribution is -0.138. The average molecular weight is 220 g/mol. The van der Waals surface area contributed by atoms with Crippen LogP contribution < -0.4 is 0 Å². The van der Waals surface area contributed by atoms with Crippen LogP contribution in [0, 0.1) is 0 Å². The van der Waals surface area contributed by atoms with E-state index in [1.807, 2.05) is 0 Å². The van der Waals surface area contributed by atoms with E-state index >= 15 is 0 Å². The predicted molar refractivity (Wildman–Crippen MR) is 44.3 cm³/mol. The molecule has 15 heavy (non-hydrogen) atoms. The minimum absolute atomic E-state index is 0.535. The molecule has 1 aromatic rings. The highest BCUT2D eigenvalue weighted by Gasteiger charge is 2.34. The maximum atomic E-state index is 12.4. The zero-order chi connectivity index (χ0) is 11.6. The molecule has 2 N–H and O–H groups in total. The Hall–Kier alpha value is -1.56. The van der Waals surface area contributed by atoms with Crippen molar-refractivity contribution in [2.75, 3.05) is 0 Å². The lowest BCUT2D eigenvalue weighted by Crippen LogP contribution is -2.13. The van der Waals surface area contributed by atoms with E-state index in [9.17, 15) is 18.0 Å². The summed E-state index contributed by atoms with van der Waals surface area (Å²) < 4.78 is 37.1. The molecule has 82 valence electrons. The normalized spacial score (nSPS) is 11.5. The highest BCUT2D eigenvalue weighted by atomic mass is 19.4. The van der Waals surface area contributed by atoms with Gasteiger partial charge in [0.15, 0.2) is 0 Å². The smallest absolute Gasteiger partial charge is 0.416 e. The number of hydrogen-bond donors (Lipinski definition) is 2. The van der Waals surface area contributed by atoms with Gasteiger partial charge in [-0.25, -0.2) is 4.79 Å². The van der Waals surface area contributed by atoms with Gasteiger partial charge < -0.3 is 10.2 Å². The quantitative estimate of drug-likeness (QED) is 0.800. The summed E-state index contributed by atoms with van der Waals surface area (Å²) in [6.07, 6.45) is -4.66. The van der Waals surface area contributed by atoms with Gasteiger partial charge in [-0.2, -0.15) is 13.2 Å². The van der Waals surface area contributed by atoms with E-state index in [-0.39, 0.29) is 0 Å². The zero-order valence-corrected chi connectivity index (χ0v) is 7.38. The van der Waals surface area contributed by atoms with Crippen molar-refractivity contribution in [2.24, 2.45) is 0 Å². The van der Waals surface area contributed by atoms with Crippen LogP contribution in [-0.2, 0) is 12.8 Å². The van der Waals surface area contributed by atoms with Gasteiger partial charge in [-0.1, -0.05) is 6.07 Å². The van der Waals surface area contributed by atoms with Crippen molar-refractivity contribution >= 4 is 5.97 Å². The van der Waals surface area contributed by atoms with Crippen LogP contribution in [0.15, 0.2) is 18.2 Å². The molecule has 0 amide bonds. The van der Waals surface area contributed by atoms with Gasteiger partial charge in [-0.05, 0) is 12.1 Å². The molecule has 0 aromatic heterocycles. The lowest BCUT2D eigenvalue weighted by Gasteiger charge is -2.12. The second kappa shape index (κ2) is 3.90. The molecule has 1 rings (SSSR count). The van der Waals surface area contributed by atoms with E-state index < -0.39 is 35.4 Å². The molecule has 0 spiro atoms. The molecule has 0 unspecified atom stereocenters. The van der Waals surface area contributed by atoms with Crippen LogP contribution >= 0.6 is 0 Å². The number of carbonyl (C=O) groups is 1. The first-order valence-electron chi connectivity index (χ1n) is 3.91. The molecular weight excluding hydrogens is 213 g/mol.